The van der Waals surface area contributed by atoms with Crippen LogP contribution in [0.15, 0.2) is 42.5 Å². The molecular formula is C15H14ClFN2O. The van der Waals surface area contributed by atoms with E-state index in [4.69, 9.17) is 11.6 Å². The second-order valence-electron chi connectivity index (χ2n) is 4.40. The predicted molar refractivity (Wildman–Crippen MR) is 79.7 cm³/mol. The van der Waals surface area contributed by atoms with E-state index in [1.807, 2.05) is 31.2 Å². The molecule has 3 nitrogen and oxygen atoms in total. The van der Waals surface area contributed by atoms with Gasteiger partial charge in [-0.15, -0.1) is 0 Å². The number of carbonyl (C=O) groups is 1. The van der Waals surface area contributed by atoms with E-state index in [0.29, 0.717) is 5.69 Å². The molecule has 0 saturated heterocycles. The number of amides is 1. The molecule has 0 fully saturated rings. The number of anilines is 2. The van der Waals surface area contributed by atoms with Crippen molar-refractivity contribution in [1.29, 1.82) is 0 Å². The molecule has 0 heterocycles. The second-order valence-corrected chi connectivity index (χ2v) is 4.81. The fourth-order valence-corrected chi connectivity index (χ4v) is 1.90. The zero-order chi connectivity index (χ0) is 14.5. The first-order valence-electron chi connectivity index (χ1n) is 6.10. The SMILES string of the molecule is Cc1cccc(NC(=O)CNc2ccc(F)c(Cl)c2)c1. The van der Waals surface area contributed by atoms with Crippen LogP contribution < -0.4 is 10.6 Å². The Kier molecular flexibility index (Phi) is 4.58. The minimum atomic E-state index is -0.485. The summed E-state index contributed by atoms with van der Waals surface area (Å²) in [6.07, 6.45) is 0. The number of carbonyl (C=O) groups excluding carboxylic acids is 1. The van der Waals surface area contributed by atoms with Crippen LogP contribution in [0.25, 0.3) is 0 Å². The van der Waals surface area contributed by atoms with Crippen LogP contribution in [0.2, 0.25) is 5.02 Å². The van der Waals surface area contributed by atoms with Crippen LogP contribution in [0.4, 0.5) is 15.8 Å². The fourth-order valence-electron chi connectivity index (χ4n) is 1.72. The van der Waals surface area contributed by atoms with E-state index in [9.17, 15) is 9.18 Å². The van der Waals surface area contributed by atoms with Gasteiger partial charge in [-0.05, 0) is 42.8 Å². The third-order valence-corrected chi connectivity index (χ3v) is 2.96. The van der Waals surface area contributed by atoms with Gasteiger partial charge in [-0.3, -0.25) is 4.79 Å². The van der Waals surface area contributed by atoms with Crippen LogP contribution in [-0.2, 0) is 4.79 Å². The molecule has 0 aromatic heterocycles. The summed E-state index contributed by atoms with van der Waals surface area (Å²) in [4.78, 5) is 11.8. The van der Waals surface area contributed by atoms with Gasteiger partial charge in [0, 0.05) is 11.4 Å². The van der Waals surface area contributed by atoms with Gasteiger partial charge < -0.3 is 10.6 Å². The van der Waals surface area contributed by atoms with E-state index >= 15 is 0 Å². The Balaban J connectivity index is 1.90. The van der Waals surface area contributed by atoms with E-state index in [1.165, 1.54) is 18.2 Å². The third kappa shape index (κ3) is 3.96. The third-order valence-electron chi connectivity index (χ3n) is 2.67. The predicted octanol–water partition coefficient (Wildman–Crippen LogP) is 3.84. The van der Waals surface area contributed by atoms with E-state index in [1.54, 1.807) is 0 Å². The highest BCUT2D eigenvalue weighted by Crippen LogP contribution is 2.19. The van der Waals surface area contributed by atoms with Gasteiger partial charge in [-0.1, -0.05) is 23.7 Å². The number of rotatable bonds is 4. The summed E-state index contributed by atoms with van der Waals surface area (Å²) in [6.45, 7) is 2.03. The molecular weight excluding hydrogens is 279 g/mol. The molecule has 0 radical (unpaired) electrons. The maximum atomic E-state index is 13.0. The summed E-state index contributed by atoms with van der Waals surface area (Å²) in [5.41, 5.74) is 2.41. The Bertz CT molecular complexity index is 631. The summed E-state index contributed by atoms with van der Waals surface area (Å²) < 4.78 is 13.0. The Morgan fingerprint density at radius 1 is 1.20 bits per heavy atom. The number of halogens is 2. The van der Waals surface area contributed by atoms with E-state index in [0.717, 1.165) is 11.3 Å². The number of nitrogens with one attached hydrogen (secondary N) is 2. The molecule has 2 rings (SSSR count). The molecule has 0 aliphatic heterocycles. The van der Waals surface area contributed by atoms with Gasteiger partial charge in [0.05, 0.1) is 11.6 Å². The Labute approximate surface area is 121 Å². The van der Waals surface area contributed by atoms with Crippen molar-refractivity contribution in [2.45, 2.75) is 6.92 Å². The molecule has 0 bridgehead atoms. The number of benzene rings is 2. The maximum Gasteiger partial charge on any atom is 0.243 e. The lowest BCUT2D eigenvalue weighted by atomic mass is 10.2. The van der Waals surface area contributed by atoms with Crippen LogP contribution in [0, 0.1) is 12.7 Å². The van der Waals surface area contributed by atoms with Gasteiger partial charge >= 0.3 is 0 Å². The van der Waals surface area contributed by atoms with Crippen LogP contribution in [-0.4, -0.2) is 12.5 Å². The Morgan fingerprint density at radius 3 is 2.70 bits per heavy atom. The molecule has 2 aromatic carbocycles. The zero-order valence-electron chi connectivity index (χ0n) is 10.9. The van der Waals surface area contributed by atoms with Crippen molar-refractivity contribution in [3.05, 3.63) is 58.9 Å². The first-order valence-corrected chi connectivity index (χ1v) is 6.48. The largest absolute Gasteiger partial charge is 0.376 e. The molecule has 104 valence electrons. The van der Waals surface area contributed by atoms with Crippen LogP contribution in [0.5, 0.6) is 0 Å². The summed E-state index contributed by atoms with van der Waals surface area (Å²) in [5, 5.41) is 5.68. The minimum Gasteiger partial charge on any atom is -0.376 e. The Hall–Kier alpha value is -2.07. The topological polar surface area (TPSA) is 41.1 Å². The maximum absolute atomic E-state index is 13.0. The zero-order valence-corrected chi connectivity index (χ0v) is 11.7. The number of aryl methyl sites for hydroxylation is 1. The summed E-state index contributed by atoms with van der Waals surface area (Å²) in [5.74, 6) is -0.669. The first kappa shape index (κ1) is 14.3. The van der Waals surface area contributed by atoms with Crippen molar-refractivity contribution in [3.8, 4) is 0 Å². The van der Waals surface area contributed by atoms with E-state index in [2.05, 4.69) is 10.6 Å². The smallest absolute Gasteiger partial charge is 0.243 e. The van der Waals surface area contributed by atoms with Crippen LogP contribution in [0.3, 0.4) is 0 Å². The molecule has 2 N–H and O–H groups in total. The highest BCUT2D eigenvalue weighted by atomic mass is 35.5. The standard InChI is InChI=1S/C15H14ClFN2O/c1-10-3-2-4-12(7-10)19-15(20)9-18-11-5-6-14(17)13(16)8-11/h2-8,18H,9H2,1H3,(H,19,20). The summed E-state index contributed by atoms with van der Waals surface area (Å²) in [6, 6.07) is 11.7. The molecule has 5 heteroatoms. The van der Waals surface area contributed by atoms with Gasteiger partial charge in [0.25, 0.3) is 0 Å². The molecule has 0 spiro atoms. The molecule has 1 amide bonds. The summed E-state index contributed by atoms with van der Waals surface area (Å²) in [7, 11) is 0. The molecule has 0 aliphatic rings. The molecule has 0 atom stereocenters. The van der Waals surface area contributed by atoms with E-state index in [-0.39, 0.29) is 17.5 Å². The molecule has 20 heavy (non-hydrogen) atoms. The second kappa shape index (κ2) is 6.39. The molecule has 0 unspecified atom stereocenters. The van der Waals surface area contributed by atoms with Gasteiger partial charge in [0.2, 0.25) is 5.91 Å². The Morgan fingerprint density at radius 2 is 2.00 bits per heavy atom. The number of hydrogen-bond acceptors (Lipinski definition) is 2. The van der Waals surface area contributed by atoms with Crippen molar-refractivity contribution >= 4 is 28.9 Å². The van der Waals surface area contributed by atoms with Gasteiger partial charge in [-0.25, -0.2) is 4.39 Å². The van der Waals surface area contributed by atoms with Gasteiger partial charge in [0.1, 0.15) is 5.82 Å². The van der Waals surface area contributed by atoms with Crippen molar-refractivity contribution in [2.24, 2.45) is 0 Å². The molecule has 2 aromatic rings. The van der Waals surface area contributed by atoms with Crippen molar-refractivity contribution in [2.75, 3.05) is 17.2 Å². The van der Waals surface area contributed by atoms with Crippen molar-refractivity contribution < 1.29 is 9.18 Å². The minimum absolute atomic E-state index is 0.0223. The lowest BCUT2D eigenvalue weighted by molar-refractivity contribution is -0.114. The first-order chi connectivity index (χ1) is 9.54. The summed E-state index contributed by atoms with van der Waals surface area (Å²) >= 11 is 5.66. The van der Waals surface area contributed by atoms with Crippen LogP contribution >= 0.6 is 11.6 Å². The van der Waals surface area contributed by atoms with Crippen LogP contribution in [0.1, 0.15) is 5.56 Å². The molecule has 0 saturated carbocycles. The lowest BCUT2D eigenvalue weighted by Gasteiger charge is -2.08. The average molecular weight is 293 g/mol. The monoisotopic (exact) mass is 292 g/mol. The van der Waals surface area contributed by atoms with Crippen molar-refractivity contribution in [3.63, 3.8) is 0 Å². The highest BCUT2D eigenvalue weighted by molar-refractivity contribution is 6.31. The molecule has 0 aliphatic carbocycles. The lowest BCUT2D eigenvalue weighted by Crippen LogP contribution is -2.21. The van der Waals surface area contributed by atoms with E-state index < -0.39 is 5.82 Å². The van der Waals surface area contributed by atoms with Gasteiger partial charge in [-0.2, -0.15) is 0 Å². The van der Waals surface area contributed by atoms with Crippen molar-refractivity contribution in [1.82, 2.24) is 0 Å². The highest BCUT2D eigenvalue weighted by Gasteiger charge is 2.04. The number of hydrogen-bond donors (Lipinski definition) is 2. The quantitative estimate of drug-likeness (QED) is 0.899. The normalized spacial score (nSPS) is 10.2. The van der Waals surface area contributed by atoms with Gasteiger partial charge in [0.15, 0.2) is 0 Å². The average Bonchev–Trinajstić information content (AvgIpc) is 2.40. The fraction of sp³-hybridized carbons (Fsp3) is 0.133.